The van der Waals surface area contributed by atoms with E-state index in [2.05, 4.69) is 108 Å². The van der Waals surface area contributed by atoms with E-state index in [0.717, 1.165) is 37.6 Å². The molecule has 0 amide bonds. The third-order valence-corrected chi connectivity index (χ3v) is 6.53. The van der Waals surface area contributed by atoms with E-state index < -0.39 is 5.54 Å². The first kappa shape index (κ1) is 25.5. The molecule has 0 atom stereocenters. The molecule has 0 aliphatic heterocycles. The van der Waals surface area contributed by atoms with Crippen LogP contribution in [0, 0.1) is 0 Å². The highest BCUT2D eigenvalue weighted by Crippen LogP contribution is 2.36. The molecule has 0 saturated heterocycles. The van der Waals surface area contributed by atoms with Crippen LogP contribution in [0.4, 0.5) is 0 Å². The Morgan fingerprint density at radius 1 is 0.639 bits per heavy atom. The van der Waals surface area contributed by atoms with Gasteiger partial charge in [0.1, 0.15) is 6.61 Å². The number of hydrogen-bond acceptors (Lipinski definition) is 4. The number of hydrogen-bond donors (Lipinski definition) is 1. The van der Waals surface area contributed by atoms with Crippen LogP contribution in [0.15, 0.2) is 115 Å². The summed E-state index contributed by atoms with van der Waals surface area (Å²) in [5.41, 5.74) is 3.29. The van der Waals surface area contributed by atoms with Crippen molar-refractivity contribution in [2.24, 2.45) is 0 Å². The maximum atomic E-state index is 5.95. The molecule has 0 spiro atoms. The van der Waals surface area contributed by atoms with Gasteiger partial charge in [-0.25, -0.2) is 0 Å². The average molecular weight is 481 g/mol. The quantitative estimate of drug-likeness (QED) is 0.189. The van der Waals surface area contributed by atoms with Gasteiger partial charge in [-0.05, 0) is 55.4 Å². The molecule has 0 aliphatic rings. The second-order valence-electron chi connectivity index (χ2n) is 8.93. The number of nitrogens with one attached hydrogen (secondary N) is 1. The van der Waals surface area contributed by atoms with Crippen molar-refractivity contribution in [2.75, 3.05) is 40.4 Å². The summed E-state index contributed by atoms with van der Waals surface area (Å²) in [6.07, 6.45) is 1.01. The van der Waals surface area contributed by atoms with E-state index in [4.69, 9.17) is 9.47 Å². The van der Waals surface area contributed by atoms with E-state index in [9.17, 15) is 0 Å². The van der Waals surface area contributed by atoms with Crippen molar-refractivity contribution in [2.45, 2.75) is 12.0 Å². The molecule has 0 aliphatic carbocycles. The zero-order chi connectivity index (χ0) is 25.1. The maximum Gasteiger partial charge on any atom is 0.161 e. The van der Waals surface area contributed by atoms with Crippen molar-refractivity contribution in [1.82, 2.24) is 10.2 Å². The van der Waals surface area contributed by atoms with Crippen LogP contribution in [0.3, 0.4) is 0 Å². The molecule has 0 radical (unpaired) electrons. The van der Waals surface area contributed by atoms with E-state index in [-0.39, 0.29) is 0 Å². The van der Waals surface area contributed by atoms with Crippen molar-refractivity contribution >= 4 is 0 Å². The van der Waals surface area contributed by atoms with Crippen molar-refractivity contribution in [3.8, 4) is 11.5 Å². The van der Waals surface area contributed by atoms with Gasteiger partial charge in [0.25, 0.3) is 0 Å². The molecular formula is C32H36N2O2. The van der Waals surface area contributed by atoms with Gasteiger partial charge in [0.2, 0.25) is 0 Å². The number of nitrogens with zero attached hydrogens (tertiary/aromatic N) is 1. The fourth-order valence-electron chi connectivity index (χ4n) is 4.66. The van der Waals surface area contributed by atoms with Gasteiger partial charge < -0.3 is 14.4 Å². The lowest BCUT2D eigenvalue weighted by Crippen LogP contribution is -2.45. The first-order chi connectivity index (χ1) is 17.7. The first-order valence-corrected chi connectivity index (χ1v) is 12.6. The Kier molecular flexibility index (Phi) is 9.15. The summed E-state index contributed by atoms with van der Waals surface area (Å²) in [4.78, 5) is 2.31. The third kappa shape index (κ3) is 6.14. The molecule has 4 aromatic carbocycles. The molecule has 36 heavy (non-hydrogen) atoms. The smallest absolute Gasteiger partial charge is 0.161 e. The Labute approximate surface area is 215 Å². The van der Waals surface area contributed by atoms with Gasteiger partial charge in [-0.1, -0.05) is 103 Å². The van der Waals surface area contributed by atoms with Crippen molar-refractivity contribution < 1.29 is 9.47 Å². The van der Waals surface area contributed by atoms with Crippen molar-refractivity contribution in [1.29, 1.82) is 0 Å². The standard InChI is InChI=1S/C32H36N2O2/c1-34(25-26-36-31-22-13-12-21-30(31)35-2)24-14-23-33-32(27-15-6-3-7-16-27,28-17-8-4-9-18-28)29-19-10-5-11-20-29/h3-13,15-22,33H,14,23-26H2,1-2H3. The number of likely N-dealkylation sites (N-methyl/N-ethyl adjacent to an activating group) is 1. The second kappa shape index (κ2) is 12.9. The van der Waals surface area contributed by atoms with Crippen LogP contribution in [-0.4, -0.2) is 45.3 Å². The summed E-state index contributed by atoms with van der Waals surface area (Å²) in [6.45, 7) is 3.30. The third-order valence-electron chi connectivity index (χ3n) is 6.53. The Balaban J connectivity index is 1.42. The van der Waals surface area contributed by atoms with Crippen LogP contribution in [-0.2, 0) is 5.54 Å². The monoisotopic (exact) mass is 480 g/mol. The fourth-order valence-corrected chi connectivity index (χ4v) is 4.66. The minimum Gasteiger partial charge on any atom is -0.493 e. The number of ether oxygens (including phenoxy) is 2. The van der Waals surface area contributed by atoms with E-state index in [1.165, 1.54) is 16.7 Å². The molecule has 0 heterocycles. The average Bonchev–Trinajstić information content (AvgIpc) is 2.95. The van der Waals surface area contributed by atoms with E-state index in [1.54, 1.807) is 7.11 Å². The fraction of sp³-hybridized carbons (Fsp3) is 0.250. The van der Waals surface area contributed by atoms with Crippen LogP contribution in [0.25, 0.3) is 0 Å². The second-order valence-corrected chi connectivity index (χ2v) is 8.93. The molecule has 4 aromatic rings. The summed E-state index contributed by atoms with van der Waals surface area (Å²) >= 11 is 0. The normalized spacial score (nSPS) is 11.4. The predicted octanol–water partition coefficient (Wildman–Crippen LogP) is 5.98. The van der Waals surface area contributed by atoms with Gasteiger partial charge in [0.15, 0.2) is 11.5 Å². The topological polar surface area (TPSA) is 33.7 Å². The molecule has 0 bridgehead atoms. The minimum absolute atomic E-state index is 0.421. The molecule has 0 saturated carbocycles. The summed E-state index contributed by atoms with van der Waals surface area (Å²) in [6, 6.07) is 40.0. The Hall–Kier alpha value is -3.60. The highest BCUT2D eigenvalue weighted by Gasteiger charge is 2.35. The van der Waals surface area contributed by atoms with Crippen molar-refractivity contribution in [3.05, 3.63) is 132 Å². The molecule has 0 fully saturated rings. The highest BCUT2D eigenvalue weighted by molar-refractivity contribution is 5.49. The summed E-state index contributed by atoms with van der Waals surface area (Å²) in [5.74, 6) is 1.55. The van der Waals surface area contributed by atoms with Gasteiger partial charge >= 0.3 is 0 Å². The Morgan fingerprint density at radius 2 is 1.11 bits per heavy atom. The summed E-state index contributed by atoms with van der Waals surface area (Å²) in [7, 11) is 3.81. The van der Waals surface area contributed by atoms with E-state index >= 15 is 0 Å². The lowest BCUT2D eigenvalue weighted by Gasteiger charge is -2.37. The number of methoxy groups -OCH3 is 1. The SMILES string of the molecule is COc1ccccc1OCCN(C)CCCNC(c1ccccc1)(c1ccccc1)c1ccccc1. The molecule has 4 rings (SSSR count). The van der Waals surface area contributed by atoms with Gasteiger partial charge in [0.05, 0.1) is 12.6 Å². The molecule has 186 valence electrons. The summed E-state index contributed by atoms with van der Waals surface area (Å²) < 4.78 is 11.3. The Morgan fingerprint density at radius 3 is 1.61 bits per heavy atom. The molecule has 0 aromatic heterocycles. The van der Waals surface area contributed by atoms with E-state index in [0.29, 0.717) is 6.61 Å². The van der Waals surface area contributed by atoms with Gasteiger partial charge in [-0.3, -0.25) is 5.32 Å². The predicted molar refractivity (Wildman–Crippen MR) is 148 cm³/mol. The van der Waals surface area contributed by atoms with Crippen LogP contribution >= 0.6 is 0 Å². The zero-order valence-electron chi connectivity index (χ0n) is 21.3. The molecular weight excluding hydrogens is 444 g/mol. The van der Waals surface area contributed by atoms with Crippen molar-refractivity contribution in [3.63, 3.8) is 0 Å². The van der Waals surface area contributed by atoms with Gasteiger partial charge in [-0.15, -0.1) is 0 Å². The molecule has 1 N–H and O–H groups in total. The van der Waals surface area contributed by atoms with Gasteiger partial charge in [0, 0.05) is 6.54 Å². The lowest BCUT2D eigenvalue weighted by atomic mass is 9.77. The number of benzene rings is 4. The van der Waals surface area contributed by atoms with Crippen LogP contribution < -0.4 is 14.8 Å². The molecule has 4 nitrogen and oxygen atoms in total. The Bertz CT molecular complexity index is 1070. The number of para-hydroxylation sites is 2. The highest BCUT2D eigenvalue weighted by atomic mass is 16.5. The van der Waals surface area contributed by atoms with Crippen LogP contribution in [0.2, 0.25) is 0 Å². The lowest BCUT2D eigenvalue weighted by molar-refractivity contribution is 0.227. The number of rotatable bonds is 13. The summed E-state index contributed by atoms with van der Waals surface area (Å²) in [5, 5.41) is 3.96. The van der Waals surface area contributed by atoms with Gasteiger partial charge in [-0.2, -0.15) is 0 Å². The zero-order valence-corrected chi connectivity index (χ0v) is 21.3. The minimum atomic E-state index is -0.421. The van der Waals surface area contributed by atoms with Crippen LogP contribution in [0.5, 0.6) is 11.5 Å². The van der Waals surface area contributed by atoms with Crippen LogP contribution in [0.1, 0.15) is 23.1 Å². The molecule has 4 heteroatoms. The first-order valence-electron chi connectivity index (χ1n) is 12.6. The maximum absolute atomic E-state index is 5.95. The molecule has 0 unspecified atom stereocenters. The largest absolute Gasteiger partial charge is 0.493 e. The van der Waals surface area contributed by atoms with E-state index in [1.807, 2.05) is 24.3 Å².